The maximum absolute atomic E-state index is 6.46. The molecule has 3 aromatic rings. The van der Waals surface area contributed by atoms with E-state index in [2.05, 4.69) is 15.0 Å². The van der Waals surface area contributed by atoms with Crippen molar-refractivity contribution in [3.63, 3.8) is 0 Å². The van der Waals surface area contributed by atoms with E-state index in [0.29, 0.717) is 59.3 Å². The van der Waals surface area contributed by atoms with Gasteiger partial charge < -0.3 is 0 Å². The Balaban J connectivity index is 2.11. The third-order valence-electron chi connectivity index (χ3n) is 4.62. The van der Waals surface area contributed by atoms with Gasteiger partial charge >= 0.3 is 0 Å². The Morgan fingerprint density at radius 3 is 1.59 bits per heavy atom. The van der Waals surface area contributed by atoms with Crippen LogP contribution >= 0.6 is 69.6 Å². The zero-order valence-corrected chi connectivity index (χ0v) is 22.0. The monoisotopic (exact) mass is 545 g/mol. The van der Waals surface area contributed by atoms with Gasteiger partial charge in [0.15, 0.2) is 0 Å². The normalized spacial score (nSPS) is 12.4. The number of halogens is 6. The molecule has 166 valence electrons. The smallest absolute Gasteiger partial charge is 0.105 e. The van der Waals surface area contributed by atoms with Gasteiger partial charge in [-0.2, -0.15) is 0 Å². The van der Waals surface area contributed by atoms with Gasteiger partial charge in [0.05, 0.1) is 48.6 Å². The van der Waals surface area contributed by atoms with Crippen molar-refractivity contribution in [2.75, 3.05) is 0 Å². The maximum Gasteiger partial charge on any atom is 0.105 e. The Labute approximate surface area is 217 Å². The Morgan fingerprint density at radius 2 is 1.12 bits per heavy atom. The number of hydrogen-bond donors (Lipinski definition) is 0. The van der Waals surface area contributed by atoms with Gasteiger partial charge in [-0.1, -0.05) is 69.6 Å². The van der Waals surface area contributed by atoms with Crippen LogP contribution in [0.1, 0.15) is 36.4 Å². The first-order valence-electron chi connectivity index (χ1n) is 9.36. The number of benzene rings is 2. The van der Waals surface area contributed by atoms with E-state index in [1.54, 1.807) is 37.3 Å². The molecule has 3 nitrogen and oxygen atoms in total. The van der Waals surface area contributed by atoms with Gasteiger partial charge in [-0.05, 0) is 69.2 Å². The van der Waals surface area contributed by atoms with E-state index in [1.165, 1.54) is 0 Å². The quantitative estimate of drug-likeness (QED) is 0.299. The number of pyridine rings is 1. The summed E-state index contributed by atoms with van der Waals surface area (Å²) < 4.78 is 0. The van der Waals surface area contributed by atoms with Crippen molar-refractivity contribution in [1.82, 2.24) is 4.98 Å². The Hall–Kier alpha value is -1.33. The Kier molecular flexibility index (Phi) is 8.14. The molecule has 9 heteroatoms. The van der Waals surface area contributed by atoms with Crippen LogP contribution in [-0.2, 0) is 0 Å². The van der Waals surface area contributed by atoms with Crippen LogP contribution in [0.3, 0.4) is 0 Å². The average molecular weight is 548 g/mol. The van der Waals surface area contributed by atoms with E-state index in [4.69, 9.17) is 69.6 Å². The zero-order valence-electron chi connectivity index (χ0n) is 17.5. The Morgan fingerprint density at radius 1 is 0.656 bits per heavy atom. The highest BCUT2D eigenvalue weighted by atomic mass is 35.5. The molecule has 0 fully saturated rings. The van der Waals surface area contributed by atoms with E-state index in [1.807, 2.05) is 20.8 Å². The van der Waals surface area contributed by atoms with E-state index in [0.717, 1.165) is 11.1 Å². The molecule has 1 heterocycles. The van der Waals surface area contributed by atoms with Crippen LogP contribution in [0, 0.1) is 13.8 Å². The number of rotatable bonds is 4. The summed E-state index contributed by atoms with van der Waals surface area (Å²) in [6, 6.07) is 8.51. The Bertz CT molecular complexity index is 1230. The predicted octanol–water partition coefficient (Wildman–Crippen LogP) is 9.90. The average Bonchev–Trinajstić information content (AvgIpc) is 2.69. The summed E-state index contributed by atoms with van der Waals surface area (Å²) in [5, 5.41) is 2.57. The lowest BCUT2D eigenvalue weighted by Crippen LogP contribution is -2.07. The molecule has 0 unspecified atom stereocenters. The molecule has 0 bridgehead atoms. The van der Waals surface area contributed by atoms with Gasteiger partial charge in [-0.15, -0.1) is 0 Å². The van der Waals surface area contributed by atoms with Crippen molar-refractivity contribution in [3.05, 3.63) is 83.0 Å². The van der Waals surface area contributed by atoms with Gasteiger partial charge in [0.1, 0.15) is 5.69 Å². The first-order chi connectivity index (χ1) is 15.0. The fourth-order valence-electron chi connectivity index (χ4n) is 3.04. The molecule has 0 saturated carbocycles. The largest absolute Gasteiger partial charge is 0.250 e. The summed E-state index contributed by atoms with van der Waals surface area (Å²) in [5.41, 5.74) is 4.96. The van der Waals surface area contributed by atoms with Gasteiger partial charge in [-0.25, -0.2) is 15.0 Å². The summed E-state index contributed by atoms with van der Waals surface area (Å²) in [5.74, 6) is 0. The molecule has 0 aliphatic heterocycles. The molecule has 0 aliphatic carbocycles. The zero-order chi connectivity index (χ0) is 23.7. The van der Waals surface area contributed by atoms with Gasteiger partial charge in [0.25, 0.3) is 0 Å². The number of aryl methyl sites for hydroxylation is 2. The van der Waals surface area contributed by atoms with Crippen molar-refractivity contribution in [1.29, 1.82) is 0 Å². The summed E-state index contributed by atoms with van der Waals surface area (Å²) in [6.45, 7) is 7.35. The SMILES string of the molecule is CC(=Nc1c(C)cc(Cl)cc1Cl)c1cc(Cl)c(Cl)c(C(C)=Nc2c(C)cc(Cl)cc2Cl)n1. The lowest BCUT2D eigenvalue weighted by Gasteiger charge is -2.11. The predicted molar refractivity (Wildman–Crippen MR) is 140 cm³/mol. The van der Waals surface area contributed by atoms with Gasteiger partial charge in [0, 0.05) is 10.0 Å². The highest BCUT2D eigenvalue weighted by molar-refractivity contribution is 6.44. The van der Waals surface area contributed by atoms with Crippen LogP contribution in [-0.4, -0.2) is 16.4 Å². The minimum atomic E-state index is 0.285. The molecule has 1 aromatic heterocycles. The number of hydrogen-bond acceptors (Lipinski definition) is 3. The third-order valence-corrected chi connectivity index (χ3v) is 6.41. The molecule has 0 atom stereocenters. The van der Waals surface area contributed by atoms with Crippen molar-refractivity contribution < 1.29 is 0 Å². The molecule has 32 heavy (non-hydrogen) atoms. The second kappa shape index (κ2) is 10.3. The lowest BCUT2D eigenvalue weighted by atomic mass is 10.1. The third kappa shape index (κ3) is 5.59. The summed E-state index contributed by atoms with van der Waals surface area (Å²) in [4.78, 5) is 14.0. The maximum atomic E-state index is 6.46. The molecule has 0 amide bonds. The minimum absolute atomic E-state index is 0.285. The van der Waals surface area contributed by atoms with E-state index < -0.39 is 0 Å². The highest BCUT2D eigenvalue weighted by Crippen LogP contribution is 2.35. The van der Waals surface area contributed by atoms with Crippen LogP contribution in [0.4, 0.5) is 11.4 Å². The first-order valence-corrected chi connectivity index (χ1v) is 11.6. The molecule has 2 aromatic carbocycles. The summed E-state index contributed by atoms with van der Waals surface area (Å²) in [6.07, 6.45) is 0. The van der Waals surface area contributed by atoms with Crippen molar-refractivity contribution in [2.45, 2.75) is 27.7 Å². The molecular formula is C23H17Cl6N3. The molecule has 3 rings (SSSR count). The van der Waals surface area contributed by atoms with E-state index in [-0.39, 0.29) is 5.02 Å². The number of aliphatic imine (C=N–C) groups is 2. The summed E-state index contributed by atoms with van der Waals surface area (Å²) >= 11 is 37.7. The standard InChI is InChI=1S/C23H17Cl6N3/c1-10-5-14(24)7-17(27)21(10)30-12(3)19-9-16(26)20(29)23(32-19)13(4)31-22-11(2)6-15(25)8-18(22)28/h5-9H,1-4H3. The topological polar surface area (TPSA) is 37.6 Å². The molecule has 0 aliphatic rings. The lowest BCUT2D eigenvalue weighted by molar-refractivity contribution is 1.23. The molecule has 0 N–H and O–H groups in total. The molecule has 0 radical (unpaired) electrons. The summed E-state index contributed by atoms with van der Waals surface area (Å²) in [7, 11) is 0. The van der Waals surface area contributed by atoms with Crippen LogP contribution < -0.4 is 0 Å². The number of nitrogens with zero attached hydrogens (tertiary/aromatic N) is 3. The molecule has 0 saturated heterocycles. The van der Waals surface area contributed by atoms with E-state index in [9.17, 15) is 0 Å². The van der Waals surface area contributed by atoms with E-state index >= 15 is 0 Å². The van der Waals surface area contributed by atoms with Crippen LogP contribution in [0.5, 0.6) is 0 Å². The van der Waals surface area contributed by atoms with Crippen molar-refractivity contribution >= 4 is 92.4 Å². The van der Waals surface area contributed by atoms with Crippen molar-refractivity contribution in [2.24, 2.45) is 9.98 Å². The van der Waals surface area contributed by atoms with Crippen LogP contribution in [0.15, 0.2) is 40.3 Å². The highest BCUT2D eigenvalue weighted by Gasteiger charge is 2.16. The fraction of sp³-hybridized carbons (Fsp3) is 0.174. The minimum Gasteiger partial charge on any atom is -0.250 e. The fourth-order valence-corrected chi connectivity index (χ4v) is 4.74. The van der Waals surface area contributed by atoms with Crippen molar-refractivity contribution in [3.8, 4) is 0 Å². The first kappa shape index (κ1) is 25.3. The molecular weight excluding hydrogens is 531 g/mol. The van der Waals surface area contributed by atoms with Crippen LogP contribution in [0.2, 0.25) is 30.1 Å². The van der Waals surface area contributed by atoms with Crippen LogP contribution in [0.25, 0.3) is 0 Å². The second-order valence-corrected chi connectivity index (χ2v) is 9.63. The van der Waals surface area contributed by atoms with Gasteiger partial charge in [0.2, 0.25) is 0 Å². The molecule has 0 spiro atoms. The van der Waals surface area contributed by atoms with Gasteiger partial charge in [-0.3, -0.25) is 0 Å². The number of aromatic nitrogens is 1. The second-order valence-electron chi connectivity index (χ2n) is 7.15.